The van der Waals surface area contributed by atoms with Gasteiger partial charge < -0.3 is 10.3 Å². The Morgan fingerprint density at radius 3 is 2.88 bits per heavy atom. The highest BCUT2D eigenvalue weighted by Crippen LogP contribution is 2.12. The van der Waals surface area contributed by atoms with E-state index in [0.29, 0.717) is 31.2 Å². The molecule has 8 heteroatoms. The molecule has 0 spiro atoms. The minimum absolute atomic E-state index is 0.204. The van der Waals surface area contributed by atoms with Gasteiger partial charge in [-0.3, -0.25) is 14.5 Å². The highest BCUT2D eigenvalue weighted by molar-refractivity contribution is 7.09. The number of hydrogen-bond donors (Lipinski definition) is 2. The number of rotatable bonds is 8. The lowest BCUT2D eigenvalue weighted by Gasteiger charge is -2.12. The fourth-order valence-corrected chi connectivity index (χ4v) is 3.01. The van der Waals surface area contributed by atoms with E-state index < -0.39 is 0 Å². The Morgan fingerprint density at radius 1 is 1.32 bits per heavy atom. The maximum atomic E-state index is 12.2. The number of hydrogen-bond acceptors (Lipinski definition) is 5. The molecule has 7 nitrogen and oxygen atoms in total. The monoisotopic (exact) mass is 355 g/mol. The zero-order chi connectivity index (χ0) is 17.5. The summed E-state index contributed by atoms with van der Waals surface area (Å²) in [4.78, 5) is 36.0. The quantitative estimate of drug-likeness (QED) is 0.605. The Kier molecular flexibility index (Phi) is 5.53. The first kappa shape index (κ1) is 16.8. The number of H-pyrrole nitrogens is 1. The Bertz CT molecular complexity index is 817. The van der Waals surface area contributed by atoms with Crippen molar-refractivity contribution in [3.05, 3.63) is 64.4 Å². The van der Waals surface area contributed by atoms with Gasteiger partial charge in [0.05, 0.1) is 5.01 Å². The summed E-state index contributed by atoms with van der Waals surface area (Å²) in [5.74, 6) is 0.289. The van der Waals surface area contributed by atoms with Crippen LogP contribution in [0.5, 0.6) is 0 Å². The molecule has 0 aliphatic carbocycles. The van der Waals surface area contributed by atoms with E-state index in [2.05, 4.69) is 20.3 Å². The molecule has 0 saturated carbocycles. The molecular weight excluding hydrogens is 338 g/mol. The smallest absolute Gasteiger partial charge is 0.271 e. The normalized spacial score (nSPS) is 10.4. The molecule has 0 saturated heterocycles. The van der Waals surface area contributed by atoms with Crippen LogP contribution in [0, 0.1) is 0 Å². The van der Waals surface area contributed by atoms with Gasteiger partial charge in [0.1, 0.15) is 5.69 Å². The second-order valence-corrected chi connectivity index (χ2v) is 6.20. The molecular formula is C17H17N5O2S. The largest absolute Gasteiger partial charge is 0.347 e. The van der Waals surface area contributed by atoms with Gasteiger partial charge in [0.15, 0.2) is 0 Å². The number of carbonyl (C=O) groups excluding carboxylic acids is 2. The van der Waals surface area contributed by atoms with Crippen LogP contribution in [0.4, 0.5) is 5.95 Å². The van der Waals surface area contributed by atoms with E-state index in [0.717, 1.165) is 17.0 Å². The summed E-state index contributed by atoms with van der Waals surface area (Å²) < 4.78 is 0. The molecule has 3 aromatic rings. The van der Waals surface area contributed by atoms with Gasteiger partial charge in [0.2, 0.25) is 12.4 Å². The topological polar surface area (TPSA) is 91.0 Å². The minimum atomic E-state index is -0.204. The van der Waals surface area contributed by atoms with Crippen LogP contribution in [0.3, 0.4) is 0 Å². The van der Waals surface area contributed by atoms with E-state index in [4.69, 9.17) is 0 Å². The van der Waals surface area contributed by atoms with Crippen LogP contribution in [0.2, 0.25) is 0 Å². The fourth-order valence-electron chi connectivity index (χ4n) is 2.24. The maximum Gasteiger partial charge on any atom is 0.271 e. The number of aromatic amines is 1. The van der Waals surface area contributed by atoms with Crippen molar-refractivity contribution in [1.82, 2.24) is 20.3 Å². The lowest BCUT2D eigenvalue weighted by atomic mass is 10.2. The standard InChI is InChI=1S/C17H17N5O2S/c23-12-22(17-18-7-8-19-17)9-6-15-21-14(11-25-15)16(24)20-10-13-4-2-1-3-5-13/h1-5,7-8,11-12H,6,9-10H2,(H,18,19)(H,20,24). The molecule has 3 rings (SSSR count). The van der Waals surface area contributed by atoms with Crippen molar-refractivity contribution >= 4 is 29.6 Å². The number of aromatic nitrogens is 3. The molecule has 0 atom stereocenters. The molecule has 0 fully saturated rings. The lowest BCUT2D eigenvalue weighted by molar-refractivity contribution is -0.107. The molecule has 2 heterocycles. The van der Waals surface area contributed by atoms with Crippen LogP contribution in [-0.4, -0.2) is 33.8 Å². The first-order chi connectivity index (χ1) is 12.3. The summed E-state index contributed by atoms with van der Waals surface area (Å²) in [7, 11) is 0. The zero-order valence-electron chi connectivity index (χ0n) is 13.4. The number of benzene rings is 1. The number of nitrogens with one attached hydrogen (secondary N) is 2. The molecule has 25 heavy (non-hydrogen) atoms. The van der Waals surface area contributed by atoms with Crippen molar-refractivity contribution < 1.29 is 9.59 Å². The fraction of sp³-hybridized carbons (Fsp3) is 0.176. The molecule has 2 aromatic heterocycles. The van der Waals surface area contributed by atoms with Crippen molar-refractivity contribution in [3.63, 3.8) is 0 Å². The average molecular weight is 355 g/mol. The van der Waals surface area contributed by atoms with Crippen LogP contribution in [0.15, 0.2) is 48.1 Å². The van der Waals surface area contributed by atoms with Crippen molar-refractivity contribution in [2.45, 2.75) is 13.0 Å². The van der Waals surface area contributed by atoms with Crippen molar-refractivity contribution in [2.24, 2.45) is 0 Å². The minimum Gasteiger partial charge on any atom is -0.347 e. The van der Waals surface area contributed by atoms with Crippen molar-refractivity contribution in [1.29, 1.82) is 0 Å². The molecule has 0 unspecified atom stereocenters. The van der Waals surface area contributed by atoms with Gasteiger partial charge in [-0.05, 0) is 5.56 Å². The third-order valence-electron chi connectivity index (χ3n) is 3.53. The summed E-state index contributed by atoms with van der Waals surface area (Å²) >= 11 is 1.40. The Morgan fingerprint density at radius 2 is 2.16 bits per heavy atom. The van der Waals surface area contributed by atoms with Crippen molar-refractivity contribution in [2.75, 3.05) is 11.4 Å². The summed E-state index contributed by atoms with van der Waals surface area (Å²) in [6, 6.07) is 9.70. The van der Waals surface area contributed by atoms with Gasteiger partial charge in [-0.15, -0.1) is 11.3 Å². The predicted molar refractivity (Wildman–Crippen MR) is 95.4 cm³/mol. The highest BCUT2D eigenvalue weighted by atomic mass is 32.1. The lowest BCUT2D eigenvalue weighted by Crippen LogP contribution is -2.25. The van der Waals surface area contributed by atoms with Gasteiger partial charge in [0, 0.05) is 37.3 Å². The summed E-state index contributed by atoms with van der Waals surface area (Å²) in [6.45, 7) is 0.902. The van der Waals surface area contributed by atoms with Crippen LogP contribution >= 0.6 is 11.3 Å². The molecule has 0 aliphatic rings. The maximum absolute atomic E-state index is 12.2. The van der Waals surface area contributed by atoms with Gasteiger partial charge in [-0.1, -0.05) is 30.3 Å². The van der Waals surface area contributed by atoms with E-state index >= 15 is 0 Å². The third kappa shape index (κ3) is 4.51. The summed E-state index contributed by atoms with van der Waals surface area (Å²) in [6.07, 6.45) is 4.52. The van der Waals surface area contributed by atoms with E-state index in [1.54, 1.807) is 17.8 Å². The Hall–Kier alpha value is -3.00. The van der Waals surface area contributed by atoms with Gasteiger partial charge in [-0.25, -0.2) is 9.97 Å². The third-order valence-corrected chi connectivity index (χ3v) is 4.44. The number of thiazole rings is 1. The summed E-state index contributed by atoms with van der Waals surface area (Å²) in [5, 5.41) is 5.38. The van der Waals surface area contributed by atoms with Crippen molar-refractivity contribution in [3.8, 4) is 0 Å². The zero-order valence-corrected chi connectivity index (χ0v) is 14.2. The molecule has 128 valence electrons. The van der Waals surface area contributed by atoms with Gasteiger partial charge in [-0.2, -0.15) is 0 Å². The number of amides is 2. The molecule has 1 aromatic carbocycles. The van der Waals surface area contributed by atoms with E-state index in [-0.39, 0.29) is 5.91 Å². The number of anilines is 1. The second-order valence-electron chi connectivity index (χ2n) is 5.26. The van der Waals surface area contributed by atoms with E-state index in [1.165, 1.54) is 16.2 Å². The van der Waals surface area contributed by atoms with E-state index in [1.807, 2.05) is 30.3 Å². The molecule has 0 bridgehead atoms. The number of nitrogens with zero attached hydrogens (tertiary/aromatic N) is 3. The van der Waals surface area contributed by atoms with Crippen LogP contribution < -0.4 is 10.2 Å². The summed E-state index contributed by atoms with van der Waals surface area (Å²) in [5.41, 5.74) is 1.43. The first-order valence-electron chi connectivity index (χ1n) is 7.74. The molecule has 2 N–H and O–H groups in total. The SMILES string of the molecule is O=CN(CCc1nc(C(=O)NCc2ccccc2)cs1)c1ncc[nH]1. The number of carbonyl (C=O) groups is 2. The van der Waals surface area contributed by atoms with Crippen LogP contribution in [0.25, 0.3) is 0 Å². The molecule has 0 radical (unpaired) electrons. The average Bonchev–Trinajstić information content (AvgIpc) is 3.33. The van der Waals surface area contributed by atoms with Crippen LogP contribution in [-0.2, 0) is 17.8 Å². The van der Waals surface area contributed by atoms with E-state index in [9.17, 15) is 9.59 Å². The first-order valence-corrected chi connectivity index (χ1v) is 8.62. The Labute approximate surface area is 148 Å². The van der Waals surface area contributed by atoms with Gasteiger partial charge >= 0.3 is 0 Å². The molecule has 0 aliphatic heterocycles. The predicted octanol–water partition coefficient (Wildman–Crippen LogP) is 2.00. The van der Waals surface area contributed by atoms with Gasteiger partial charge in [0.25, 0.3) is 5.91 Å². The highest BCUT2D eigenvalue weighted by Gasteiger charge is 2.13. The molecule has 2 amide bonds. The van der Waals surface area contributed by atoms with Crippen LogP contribution in [0.1, 0.15) is 21.1 Å². The number of imidazole rings is 1. The second kappa shape index (κ2) is 8.20. The Balaban J connectivity index is 1.53.